The fourth-order valence-corrected chi connectivity index (χ4v) is 2.83. The molecule has 0 N–H and O–H groups in total. The Bertz CT molecular complexity index is 442. The number of hydrogen-bond acceptors (Lipinski definition) is 3. The van der Waals surface area contributed by atoms with Gasteiger partial charge in [-0.3, -0.25) is 0 Å². The molecule has 0 radical (unpaired) electrons. The number of aryl methyl sites for hydroxylation is 1. The molecule has 0 atom stereocenters. The van der Waals surface area contributed by atoms with E-state index in [9.17, 15) is 4.79 Å². The third-order valence-electron chi connectivity index (χ3n) is 4.22. The molecule has 0 unspecified atom stereocenters. The maximum atomic E-state index is 11.9. The summed E-state index contributed by atoms with van der Waals surface area (Å²) in [7, 11) is 0. The Morgan fingerprint density at radius 3 is 2.35 bits per heavy atom. The molecular formula is C17H24O3. The zero-order valence-corrected chi connectivity index (χ0v) is 12.6. The van der Waals surface area contributed by atoms with Gasteiger partial charge in [-0.2, -0.15) is 0 Å². The van der Waals surface area contributed by atoms with Crippen LogP contribution in [0.4, 0.5) is 4.79 Å². The van der Waals surface area contributed by atoms with Crippen LogP contribution in [-0.2, 0) is 11.2 Å². The highest BCUT2D eigenvalue weighted by molar-refractivity contribution is 5.64. The van der Waals surface area contributed by atoms with Gasteiger partial charge in [-0.25, -0.2) is 4.79 Å². The fourth-order valence-electron chi connectivity index (χ4n) is 2.83. The van der Waals surface area contributed by atoms with E-state index in [1.807, 2.05) is 38.1 Å². The summed E-state index contributed by atoms with van der Waals surface area (Å²) < 4.78 is 10.8. The Labute approximate surface area is 121 Å². The molecule has 3 heteroatoms. The highest BCUT2D eigenvalue weighted by Gasteiger charge is 2.35. The predicted octanol–water partition coefficient (Wildman–Crippen LogP) is 4.73. The molecule has 0 spiro atoms. The molecule has 1 aliphatic carbocycles. The molecule has 0 saturated heterocycles. The van der Waals surface area contributed by atoms with Gasteiger partial charge in [0.1, 0.15) is 11.4 Å². The number of hydrogen-bond donors (Lipinski definition) is 0. The zero-order chi connectivity index (χ0) is 14.6. The van der Waals surface area contributed by atoms with Crippen molar-refractivity contribution in [1.29, 1.82) is 0 Å². The van der Waals surface area contributed by atoms with Gasteiger partial charge in [0, 0.05) is 0 Å². The Balaban J connectivity index is 1.90. The molecular weight excluding hydrogens is 252 g/mol. The Kier molecular flexibility index (Phi) is 4.69. The molecule has 1 fully saturated rings. The zero-order valence-electron chi connectivity index (χ0n) is 12.6. The molecule has 1 aromatic rings. The standard InChI is InChI=1S/C17H24O3/c1-4-13-9-11-15(12-10-13)19-16(18)20-17(2,3)14-7-5-6-8-14/h9-12,14H,4-8H2,1-3H3. The van der Waals surface area contributed by atoms with Gasteiger partial charge < -0.3 is 9.47 Å². The van der Waals surface area contributed by atoms with Crippen molar-refractivity contribution in [3.8, 4) is 5.75 Å². The smallest absolute Gasteiger partial charge is 0.428 e. The Morgan fingerprint density at radius 1 is 1.20 bits per heavy atom. The van der Waals surface area contributed by atoms with E-state index in [1.54, 1.807) is 0 Å². The summed E-state index contributed by atoms with van der Waals surface area (Å²) in [6, 6.07) is 7.54. The largest absolute Gasteiger partial charge is 0.514 e. The van der Waals surface area contributed by atoms with Crippen LogP contribution in [0.25, 0.3) is 0 Å². The van der Waals surface area contributed by atoms with Crippen molar-refractivity contribution in [2.24, 2.45) is 5.92 Å². The maximum absolute atomic E-state index is 11.9. The van der Waals surface area contributed by atoms with E-state index in [4.69, 9.17) is 9.47 Å². The van der Waals surface area contributed by atoms with Crippen LogP contribution in [0.3, 0.4) is 0 Å². The Morgan fingerprint density at radius 2 is 1.80 bits per heavy atom. The maximum Gasteiger partial charge on any atom is 0.514 e. The molecule has 1 aliphatic rings. The minimum atomic E-state index is -0.605. The number of carbonyl (C=O) groups is 1. The lowest BCUT2D eigenvalue weighted by Gasteiger charge is -2.30. The minimum Gasteiger partial charge on any atom is -0.428 e. The molecule has 0 amide bonds. The van der Waals surface area contributed by atoms with Crippen molar-refractivity contribution in [3.63, 3.8) is 0 Å². The van der Waals surface area contributed by atoms with Gasteiger partial charge in [0.15, 0.2) is 0 Å². The predicted molar refractivity (Wildman–Crippen MR) is 79.0 cm³/mol. The molecule has 1 saturated carbocycles. The molecule has 2 rings (SSSR count). The van der Waals surface area contributed by atoms with Gasteiger partial charge in [-0.05, 0) is 56.7 Å². The molecule has 110 valence electrons. The summed E-state index contributed by atoms with van der Waals surface area (Å²) in [6.07, 6.45) is 5.08. The first-order valence-corrected chi connectivity index (χ1v) is 7.51. The molecule has 0 heterocycles. The average Bonchev–Trinajstić information content (AvgIpc) is 2.93. The van der Waals surface area contributed by atoms with Gasteiger partial charge in [-0.1, -0.05) is 31.9 Å². The van der Waals surface area contributed by atoms with Crippen LogP contribution in [0.2, 0.25) is 0 Å². The highest BCUT2D eigenvalue weighted by Crippen LogP contribution is 2.36. The molecule has 1 aromatic carbocycles. The summed E-state index contributed by atoms with van der Waals surface area (Å²) in [6.45, 7) is 6.04. The number of benzene rings is 1. The first-order valence-electron chi connectivity index (χ1n) is 7.51. The summed E-state index contributed by atoms with van der Waals surface area (Å²) in [4.78, 5) is 11.9. The van der Waals surface area contributed by atoms with Crippen molar-refractivity contribution in [2.45, 2.75) is 58.5 Å². The van der Waals surface area contributed by atoms with E-state index >= 15 is 0 Å². The molecule has 0 aromatic heterocycles. The molecule has 3 nitrogen and oxygen atoms in total. The Hall–Kier alpha value is -1.51. The lowest BCUT2D eigenvalue weighted by molar-refractivity contribution is -0.0266. The van der Waals surface area contributed by atoms with Crippen molar-refractivity contribution < 1.29 is 14.3 Å². The topological polar surface area (TPSA) is 35.5 Å². The van der Waals surface area contributed by atoms with E-state index in [0.29, 0.717) is 11.7 Å². The summed E-state index contributed by atoms with van der Waals surface area (Å²) in [5.41, 5.74) is 0.772. The van der Waals surface area contributed by atoms with Crippen molar-refractivity contribution in [2.75, 3.05) is 0 Å². The van der Waals surface area contributed by atoms with Gasteiger partial charge in [0.05, 0.1) is 0 Å². The van der Waals surface area contributed by atoms with Crippen LogP contribution in [0.1, 0.15) is 52.0 Å². The highest BCUT2D eigenvalue weighted by atomic mass is 16.7. The molecule has 0 bridgehead atoms. The van der Waals surface area contributed by atoms with Crippen LogP contribution in [-0.4, -0.2) is 11.8 Å². The van der Waals surface area contributed by atoms with E-state index in [2.05, 4.69) is 6.92 Å². The van der Waals surface area contributed by atoms with E-state index in [0.717, 1.165) is 19.3 Å². The monoisotopic (exact) mass is 276 g/mol. The summed E-state index contributed by atoms with van der Waals surface area (Å²) in [5, 5.41) is 0. The third kappa shape index (κ3) is 3.75. The average molecular weight is 276 g/mol. The first-order chi connectivity index (χ1) is 9.51. The van der Waals surface area contributed by atoms with Crippen LogP contribution in [0, 0.1) is 5.92 Å². The second-order valence-corrected chi connectivity index (χ2v) is 6.04. The van der Waals surface area contributed by atoms with E-state index < -0.39 is 11.8 Å². The van der Waals surface area contributed by atoms with Crippen molar-refractivity contribution in [1.82, 2.24) is 0 Å². The van der Waals surface area contributed by atoms with Crippen molar-refractivity contribution >= 4 is 6.16 Å². The van der Waals surface area contributed by atoms with Gasteiger partial charge in [0.25, 0.3) is 0 Å². The van der Waals surface area contributed by atoms with Crippen LogP contribution >= 0.6 is 0 Å². The van der Waals surface area contributed by atoms with Gasteiger partial charge in [0.2, 0.25) is 0 Å². The normalized spacial score (nSPS) is 16.1. The van der Waals surface area contributed by atoms with E-state index in [1.165, 1.54) is 18.4 Å². The second-order valence-electron chi connectivity index (χ2n) is 6.04. The lowest BCUT2D eigenvalue weighted by atomic mass is 9.89. The fraction of sp³-hybridized carbons (Fsp3) is 0.588. The quantitative estimate of drug-likeness (QED) is 0.589. The van der Waals surface area contributed by atoms with Crippen LogP contribution in [0.5, 0.6) is 5.75 Å². The van der Waals surface area contributed by atoms with E-state index in [-0.39, 0.29) is 0 Å². The third-order valence-corrected chi connectivity index (χ3v) is 4.22. The van der Waals surface area contributed by atoms with Crippen molar-refractivity contribution in [3.05, 3.63) is 29.8 Å². The SMILES string of the molecule is CCc1ccc(OC(=O)OC(C)(C)C2CCCC2)cc1. The summed E-state index contributed by atoms with van der Waals surface area (Å²) in [5.74, 6) is 0.979. The first kappa shape index (κ1) is 14.9. The lowest BCUT2D eigenvalue weighted by Crippen LogP contribution is -2.36. The number of rotatable bonds is 4. The van der Waals surface area contributed by atoms with Crippen LogP contribution < -0.4 is 4.74 Å². The number of carbonyl (C=O) groups excluding carboxylic acids is 1. The minimum absolute atomic E-state index is 0.442. The second kappa shape index (κ2) is 6.29. The van der Waals surface area contributed by atoms with Crippen LogP contribution in [0.15, 0.2) is 24.3 Å². The molecule has 0 aliphatic heterocycles. The number of ether oxygens (including phenoxy) is 2. The van der Waals surface area contributed by atoms with Gasteiger partial charge >= 0.3 is 6.16 Å². The van der Waals surface area contributed by atoms with Gasteiger partial charge in [-0.15, -0.1) is 0 Å². The summed E-state index contributed by atoms with van der Waals surface area (Å²) >= 11 is 0. The molecule has 20 heavy (non-hydrogen) atoms.